The summed E-state index contributed by atoms with van der Waals surface area (Å²) in [7, 11) is 0. The van der Waals surface area contributed by atoms with E-state index in [0.29, 0.717) is 0 Å². The van der Waals surface area contributed by atoms with Gasteiger partial charge in [0.25, 0.3) is 0 Å². The number of rotatable bonds is 0. The van der Waals surface area contributed by atoms with Crippen LogP contribution in [0.1, 0.15) is 6.42 Å². The molecule has 0 radical (unpaired) electrons. The fraction of sp³-hybridized carbons (Fsp3) is 0.200. The van der Waals surface area contributed by atoms with Gasteiger partial charge in [0, 0.05) is 11.0 Å². The van der Waals surface area contributed by atoms with Gasteiger partial charge in [0.1, 0.15) is 0 Å². The van der Waals surface area contributed by atoms with Gasteiger partial charge in [-0.05, 0) is 18.1 Å². The van der Waals surface area contributed by atoms with Crippen LogP contribution < -0.4 is 0 Å². The van der Waals surface area contributed by atoms with Crippen LogP contribution in [0, 0.1) is 5.41 Å². The lowest BCUT2D eigenvalue weighted by molar-refractivity contribution is 0.366. The SMILES string of the molecule is C1=CC23C=CC(=CC2=CO1)C3. The van der Waals surface area contributed by atoms with Crippen LogP contribution in [0.25, 0.3) is 0 Å². The number of hydrogen-bond donors (Lipinski definition) is 0. The minimum Gasteiger partial charge on any atom is -0.473 e. The van der Waals surface area contributed by atoms with Gasteiger partial charge in [-0.2, -0.15) is 0 Å². The zero-order chi connectivity index (χ0) is 7.31. The number of fused-ring (bicyclic) bond motifs is 1. The highest BCUT2D eigenvalue weighted by Gasteiger charge is 2.39. The van der Waals surface area contributed by atoms with E-state index in [-0.39, 0.29) is 5.41 Å². The van der Waals surface area contributed by atoms with Crippen molar-refractivity contribution >= 4 is 0 Å². The van der Waals surface area contributed by atoms with E-state index in [1.54, 1.807) is 6.26 Å². The molecule has 0 fully saturated rings. The van der Waals surface area contributed by atoms with Crippen molar-refractivity contribution in [2.45, 2.75) is 6.42 Å². The molecule has 1 spiro atoms. The Hall–Kier alpha value is -1.24. The first kappa shape index (κ1) is 5.42. The molecule has 54 valence electrons. The van der Waals surface area contributed by atoms with Crippen molar-refractivity contribution in [3.05, 3.63) is 48.0 Å². The van der Waals surface area contributed by atoms with E-state index in [0.717, 1.165) is 6.42 Å². The quantitative estimate of drug-likeness (QED) is 0.507. The summed E-state index contributed by atoms with van der Waals surface area (Å²) in [4.78, 5) is 0. The van der Waals surface area contributed by atoms with Gasteiger partial charge in [0.2, 0.25) is 0 Å². The molecule has 0 saturated carbocycles. The Morgan fingerprint density at radius 3 is 3.18 bits per heavy atom. The van der Waals surface area contributed by atoms with Crippen LogP contribution in [-0.4, -0.2) is 0 Å². The molecule has 3 rings (SSSR count). The second-order valence-electron chi connectivity index (χ2n) is 3.28. The predicted octanol–water partition coefficient (Wildman–Crippen LogP) is 2.30. The lowest BCUT2D eigenvalue weighted by Gasteiger charge is -2.23. The fourth-order valence-electron chi connectivity index (χ4n) is 1.97. The van der Waals surface area contributed by atoms with Gasteiger partial charge in [-0.25, -0.2) is 0 Å². The highest BCUT2D eigenvalue weighted by atomic mass is 16.5. The normalized spacial score (nSPS) is 36.4. The van der Waals surface area contributed by atoms with Crippen molar-refractivity contribution in [1.29, 1.82) is 0 Å². The van der Waals surface area contributed by atoms with Gasteiger partial charge in [-0.1, -0.05) is 18.2 Å². The van der Waals surface area contributed by atoms with E-state index >= 15 is 0 Å². The first-order valence-corrected chi connectivity index (χ1v) is 3.83. The van der Waals surface area contributed by atoms with Gasteiger partial charge in [-0.3, -0.25) is 0 Å². The van der Waals surface area contributed by atoms with Crippen molar-refractivity contribution in [2.24, 2.45) is 5.41 Å². The smallest absolute Gasteiger partial charge is 0.0945 e. The zero-order valence-electron chi connectivity index (χ0n) is 6.08. The van der Waals surface area contributed by atoms with E-state index in [2.05, 4.69) is 24.3 Å². The van der Waals surface area contributed by atoms with Crippen molar-refractivity contribution < 1.29 is 4.74 Å². The maximum Gasteiger partial charge on any atom is 0.0945 e. The summed E-state index contributed by atoms with van der Waals surface area (Å²) in [6.07, 6.45) is 13.6. The summed E-state index contributed by atoms with van der Waals surface area (Å²) in [6.45, 7) is 0. The van der Waals surface area contributed by atoms with Crippen LogP contribution in [-0.2, 0) is 4.74 Å². The molecule has 1 unspecified atom stereocenters. The third kappa shape index (κ3) is 0.519. The second-order valence-corrected chi connectivity index (χ2v) is 3.28. The molecule has 1 atom stereocenters. The summed E-state index contributed by atoms with van der Waals surface area (Å²) in [5, 5.41) is 0. The third-order valence-electron chi connectivity index (χ3n) is 2.61. The Kier molecular flexibility index (Phi) is 0.738. The maximum atomic E-state index is 5.11. The van der Waals surface area contributed by atoms with Crippen LogP contribution in [0.3, 0.4) is 0 Å². The van der Waals surface area contributed by atoms with Crippen molar-refractivity contribution in [3.8, 4) is 0 Å². The monoisotopic (exact) mass is 144 g/mol. The molecule has 1 heteroatoms. The molecule has 0 aromatic rings. The molecule has 3 aliphatic rings. The van der Waals surface area contributed by atoms with E-state index in [4.69, 9.17) is 4.74 Å². The van der Waals surface area contributed by atoms with Crippen LogP contribution in [0.2, 0.25) is 0 Å². The maximum absolute atomic E-state index is 5.11. The van der Waals surface area contributed by atoms with Crippen LogP contribution in [0.5, 0.6) is 0 Å². The first-order valence-electron chi connectivity index (χ1n) is 3.83. The van der Waals surface area contributed by atoms with Crippen LogP contribution in [0.4, 0.5) is 0 Å². The highest BCUT2D eigenvalue weighted by molar-refractivity contribution is 5.55. The summed E-state index contributed by atoms with van der Waals surface area (Å²) in [5.41, 5.74) is 2.91. The number of hydrogen-bond acceptors (Lipinski definition) is 1. The number of allylic oxidation sites excluding steroid dienone is 6. The Balaban J connectivity index is 2.24. The van der Waals surface area contributed by atoms with Crippen LogP contribution in [0.15, 0.2) is 48.0 Å². The van der Waals surface area contributed by atoms with Gasteiger partial charge < -0.3 is 4.74 Å². The molecule has 2 bridgehead atoms. The Morgan fingerprint density at radius 2 is 2.36 bits per heavy atom. The molecule has 0 aromatic carbocycles. The minimum atomic E-state index is 0.188. The summed E-state index contributed by atoms with van der Waals surface area (Å²) >= 11 is 0. The second kappa shape index (κ2) is 1.50. The third-order valence-corrected chi connectivity index (χ3v) is 2.61. The van der Waals surface area contributed by atoms with E-state index in [1.807, 2.05) is 6.26 Å². The molecule has 11 heavy (non-hydrogen) atoms. The van der Waals surface area contributed by atoms with E-state index in [9.17, 15) is 0 Å². The molecular weight excluding hydrogens is 136 g/mol. The van der Waals surface area contributed by atoms with Gasteiger partial charge in [-0.15, -0.1) is 0 Å². The van der Waals surface area contributed by atoms with Crippen molar-refractivity contribution in [3.63, 3.8) is 0 Å². The molecular formula is C10H8O. The van der Waals surface area contributed by atoms with Crippen molar-refractivity contribution in [1.82, 2.24) is 0 Å². The molecule has 0 aromatic heterocycles. The van der Waals surface area contributed by atoms with E-state index < -0.39 is 0 Å². The molecule has 1 nitrogen and oxygen atoms in total. The predicted molar refractivity (Wildman–Crippen MR) is 42.6 cm³/mol. The molecule has 0 N–H and O–H groups in total. The average molecular weight is 144 g/mol. The molecule has 0 saturated heterocycles. The largest absolute Gasteiger partial charge is 0.473 e. The molecule has 1 heterocycles. The van der Waals surface area contributed by atoms with Crippen molar-refractivity contribution in [2.75, 3.05) is 0 Å². The minimum absolute atomic E-state index is 0.188. The lowest BCUT2D eigenvalue weighted by atomic mass is 9.83. The Morgan fingerprint density at radius 1 is 1.36 bits per heavy atom. The van der Waals surface area contributed by atoms with Gasteiger partial charge in [0.05, 0.1) is 12.5 Å². The molecule has 2 aliphatic carbocycles. The van der Waals surface area contributed by atoms with Gasteiger partial charge in [0.15, 0.2) is 0 Å². The topological polar surface area (TPSA) is 9.23 Å². The highest BCUT2D eigenvalue weighted by Crippen LogP contribution is 2.50. The lowest BCUT2D eigenvalue weighted by Crippen LogP contribution is -2.13. The molecule has 1 aliphatic heterocycles. The van der Waals surface area contributed by atoms with E-state index in [1.165, 1.54) is 11.1 Å². The van der Waals surface area contributed by atoms with Gasteiger partial charge >= 0.3 is 0 Å². The summed E-state index contributed by atoms with van der Waals surface area (Å²) in [5.74, 6) is 0. The number of ether oxygens (including phenoxy) is 1. The summed E-state index contributed by atoms with van der Waals surface area (Å²) in [6, 6.07) is 0. The summed E-state index contributed by atoms with van der Waals surface area (Å²) < 4.78 is 5.11. The Bertz CT molecular complexity index is 331. The fourth-order valence-corrected chi connectivity index (χ4v) is 1.97. The standard InChI is InChI=1S/C10H8O/c1-2-10-3-4-11-7-9(10)5-8(1)6-10/h1-5,7H,6H2. The average Bonchev–Trinajstić information content (AvgIpc) is 2.57. The first-order chi connectivity index (χ1) is 5.39. The van der Waals surface area contributed by atoms with Crippen LogP contribution >= 0.6 is 0 Å². The zero-order valence-corrected chi connectivity index (χ0v) is 6.08. The molecule has 0 amide bonds. The Labute approximate surface area is 65.4 Å².